The number of carbonyl (C=O) groups excluding carboxylic acids is 1. The van der Waals surface area contributed by atoms with Gasteiger partial charge in [0.15, 0.2) is 0 Å². The lowest BCUT2D eigenvalue weighted by Gasteiger charge is -2.21. The third kappa shape index (κ3) is 5.18. The molecule has 0 radical (unpaired) electrons. The number of carbonyl (C=O) groups is 1. The topological polar surface area (TPSA) is 71.2 Å². The van der Waals surface area contributed by atoms with Crippen LogP contribution in [0.25, 0.3) is 16.6 Å². The van der Waals surface area contributed by atoms with Gasteiger partial charge in [-0.2, -0.15) is 28.2 Å². The van der Waals surface area contributed by atoms with E-state index in [1.807, 2.05) is 12.1 Å². The molecule has 12 heteroatoms. The quantitative estimate of drug-likeness (QED) is 0.221. The molecular weight excluding hydrogens is 500 g/mol. The van der Waals surface area contributed by atoms with Crippen molar-refractivity contribution in [3.63, 3.8) is 0 Å². The van der Waals surface area contributed by atoms with Crippen LogP contribution in [0.3, 0.4) is 0 Å². The highest BCUT2D eigenvalue weighted by molar-refractivity contribution is 7.98. The van der Waals surface area contributed by atoms with E-state index in [9.17, 15) is 18.0 Å². The number of rotatable bonds is 5. The zero-order chi connectivity index (χ0) is 26.3. The van der Waals surface area contributed by atoms with Crippen molar-refractivity contribution in [2.75, 3.05) is 7.11 Å². The predicted molar refractivity (Wildman–Crippen MR) is 126 cm³/mol. The zero-order valence-corrected chi connectivity index (χ0v) is 20.6. The first-order valence-corrected chi connectivity index (χ1v) is 11.7. The summed E-state index contributed by atoms with van der Waals surface area (Å²) in [6.07, 6.45) is -3.41. The lowest BCUT2D eigenvalue weighted by molar-refractivity contribution is -0.137. The van der Waals surface area contributed by atoms with Gasteiger partial charge in [-0.05, 0) is 50.6 Å². The van der Waals surface area contributed by atoms with Crippen molar-refractivity contribution >= 4 is 28.8 Å². The Morgan fingerprint density at radius 2 is 1.69 bits per heavy atom. The molecule has 0 spiro atoms. The van der Waals surface area contributed by atoms with Crippen molar-refractivity contribution in [1.82, 2.24) is 19.6 Å². The van der Waals surface area contributed by atoms with Crippen LogP contribution in [0.2, 0.25) is 0 Å². The molecule has 0 saturated heterocycles. The van der Waals surface area contributed by atoms with Crippen LogP contribution >= 0.6 is 11.8 Å². The van der Waals surface area contributed by atoms with Crippen LogP contribution in [0.4, 0.5) is 22.4 Å². The fourth-order valence-corrected chi connectivity index (χ4v) is 4.55. The summed E-state index contributed by atoms with van der Waals surface area (Å²) in [4.78, 5) is 13.9. The van der Waals surface area contributed by atoms with E-state index in [1.54, 1.807) is 40.0 Å². The summed E-state index contributed by atoms with van der Waals surface area (Å²) in [7, 11) is 1.54. The van der Waals surface area contributed by atoms with Crippen molar-refractivity contribution < 1.29 is 31.8 Å². The van der Waals surface area contributed by atoms with E-state index in [0.717, 1.165) is 26.7 Å². The highest BCUT2D eigenvalue weighted by Gasteiger charge is 2.38. The molecule has 0 saturated carbocycles. The zero-order valence-electron chi connectivity index (χ0n) is 19.8. The van der Waals surface area contributed by atoms with Gasteiger partial charge >= 0.3 is 12.3 Å². The van der Waals surface area contributed by atoms with Crippen molar-refractivity contribution in [2.45, 2.75) is 43.3 Å². The van der Waals surface area contributed by atoms with Gasteiger partial charge in [0.1, 0.15) is 22.9 Å². The first kappa shape index (κ1) is 25.5. The summed E-state index contributed by atoms with van der Waals surface area (Å²) in [6, 6.07) is 8.82. The summed E-state index contributed by atoms with van der Waals surface area (Å²) in [6.45, 7) is 4.91. The van der Waals surface area contributed by atoms with E-state index in [-0.39, 0.29) is 15.9 Å². The number of ether oxygens (including phenoxy) is 2. The number of hydrogen-bond donors (Lipinski definition) is 0. The van der Waals surface area contributed by atoms with Crippen LogP contribution in [-0.4, -0.2) is 38.4 Å². The lowest BCUT2D eigenvalue weighted by atomic mass is 10.1. The molecule has 0 atom stereocenters. The molecule has 4 aromatic rings. The van der Waals surface area contributed by atoms with E-state index in [2.05, 4.69) is 10.2 Å². The third-order valence-electron chi connectivity index (χ3n) is 5.02. The van der Waals surface area contributed by atoms with E-state index >= 15 is 4.39 Å². The number of methoxy groups -OCH3 is 1. The van der Waals surface area contributed by atoms with Gasteiger partial charge in [0.2, 0.25) is 0 Å². The highest BCUT2D eigenvalue weighted by Crippen LogP contribution is 2.41. The number of thioether (sulfide) groups is 1. The van der Waals surface area contributed by atoms with Crippen molar-refractivity contribution in [2.24, 2.45) is 0 Å². The standard InChI is InChI=1S/C24H22F4N4O3S/c1-23(2,3)35-22(33)31-19(36-13-14-5-7-15(34-4)8-6-14)11-16-20(32-29-9-10-30-32)17(24(26,27)28)12-18(25)21(16)31/h5-12H,13H2,1-4H3. The molecule has 0 bridgehead atoms. The Bertz CT molecular complexity index is 1390. The Morgan fingerprint density at radius 3 is 2.25 bits per heavy atom. The van der Waals surface area contributed by atoms with Gasteiger partial charge in [-0.25, -0.2) is 13.8 Å². The van der Waals surface area contributed by atoms with Crippen molar-refractivity contribution in [3.05, 3.63) is 65.7 Å². The van der Waals surface area contributed by atoms with Gasteiger partial charge in [-0.15, -0.1) is 11.8 Å². The SMILES string of the molecule is COc1ccc(CSc2cc3c(-n4nccn4)c(C(F)(F)F)cc(F)c3n2C(=O)OC(C)(C)C)cc1. The van der Waals surface area contributed by atoms with Gasteiger partial charge in [0.05, 0.1) is 35.6 Å². The molecule has 0 N–H and O–H groups in total. The minimum Gasteiger partial charge on any atom is -0.497 e. The van der Waals surface area contributed by atoms with E-state index < -0.39 is 34.9 Å². The number of hydrogen-bond acceptors (Lipinski definition) is 6. The Balaban J connectivity index is 1.92. The molecule has 0 aliphatic carbocycles. The molecule has 2 aromatic carbocycles. The maximum atomic E-state index is 15.3. The van der Waals surface area contributed by atoms with Crippen LogP contribution in [0.15, 0.2) is 53.8 Å². The second-order valence-electron chi connectivity index (χ2n) is 8.77. The molecule has 190 valence electrons. The second-order valence-corrected chi connectivity index (χ2v) is 9.76. The number of halogens is 4. The summed E-state index contributed by atoms with van der Waals surface area (Å²) < 4.78 is 68.6. The largest absolute Gasteiger partial charge is 0.497 e. The first-order valence-electron chi connectivity index (χ1n) is 10.7. The van der Waals surface area contributed by atoms with Crippen LogP contribution < -0.4 is 4.74 Å². The monoisotopic (exact) mass is 522 g/mol. The summed E-state index contributed by atoms with van der Waals surface area (Å²) in [5.74, 6) is -0.230. The number of fused-ring (bicyclic) bond motifs is 1. The van der Waals surface area contributed by atoms with Gasteiger partial charge in [-0.3, -0.25) is 0 Å². The minimum atomic E-state index is -4.90. The van der Waals surface area contributed by atoms with Crippen LogP contribution in [0.1, 0.15) is 31.9 Å². The Morgan fingerprint density at radius 1 is 1.06 bits per heavy atom. The average Bonchev–Trinajstić information content (AvgIpc) is 3.44. The first-order chi connectivity index (χ1) is 16.9. The molecule has 2 aromatic heterocycles. The summed E-state index contributed by atoms with van der Waals surface area (Å²) in [5, 5.41) is 7.68. The summed E-state index contributed by atoms with van der Waals surface area (Å²) in [5.41, 5.74) is -2.19. The Kier molecular flexibility index (Phi) is 6.74. The van der Waals surface area contributed by atoms with E-state index in [0.29, 0.717) is 17.6 Å². The molecule has 7 nitrogen and oxygen atoms in total. The summed E-state index contributed by atoms with van der Waals surface area (Å²) >= 11 is 1.14. The predicted octanol–water partition coefficient (Wildman–Crippen LogP) is 6.46. The van der Waals surface area contributed by atoms with E-state index in [4.69, 9.17) is 9.47 Å². The fourth-order valence-electron chi connectivity index (χ4n) is 3.55. The average molecular weight is 523 g/mol. The smallest absolute Gasteiger partial charge is 0.420 e. The Hall–Kier alpha value is -3.54. The molecule has 36 heavy (non-hydrogen) atoms. The maximum absolute atomic E-state index is 15.3. The van der Waals surface area contributed by atoms with Crippen molar-refractivity contribution in [1.29, 1.82) is 0 Å². The number of nitrogens with zero attached hydrogens (tertiary/aromatic N) is 4. The minimum absolute atomic E-state index is 0.179. The molecule has 0 aliphatic rings. The molecule has 0 amide bonds. The van der Waals surface area contributed by atoms with Crippen LogP contribution in [-0.2, 0) is 16.7 Å². The third-order valence-corrected chi connectivity index (χ3v) is 6.09. The molecule has 0 aliphatic heterocycles. The maximum Gasteiger partial charge on any atom is 0.420 e. The highest BCUT2D eigenvalue weighted by atomic mass is 32.2. The molecule has 0 fully saturated rings. The second kappa shape index (κ2) is 9.49. The van der Waals surface area contributed by atoms with Gasteiger partial charge < -0.3 is 9.47 Å². The number of alkyl halides is 3. The van der Waals surface area contributed by atoms with Gasteiger partial charge in [-0.1, -0.05) is 12.1 Å². The van der Waals surface area contributed by atoms with Crippen LogP contribution in [0, 0.1) is 5.82 Å². The molecule has 0 unspecified atom stereocenters. The van der Waals surface area contributed by atoms with Gasteiger partial charge in [0.25, 0.3) is 0 Å². The number of aromatic nitrogens is 4. The number of benzene rings is 2. The molecule has 4 rings (SSSR count). The lowest BCUT2D eigenvalue weighted by Crippen LogP contribution is -2.27. The van der Waals surface area contributed by atoms with Gasteiger partial charge in [0, 0.05) is 11.1 Å². The normalized spacial score (nSPS) is 12.2. The fraction of sp³-hybridized carbons (Fsp3) is 0.292. The van der Waals surface area contributed by atoms with Crippen LogP contribution in [0.5, 0.6) is 5.75 Å². The Labute approximate surface area is 208 Å². The molecule has 2 heterocycles. The van der Waals surface area contributed by atoms with E-state index in [1.165, 1.54) is 18.5 Å². The van der Waals surface area contributed by atoms with Crippen molar-refractivity contribution in [3.8, 4) is 11.4 Å². The molecular formula is C24H22F4N4O3S.